The van der Waals surface area contributed by atoms with Gasteiger partial charge in [-0.05, 0) is 44.7 Å². The Morgan fingerprint density at radius 1 is 0.960 bits per heavy atom. The number of carbonyl (C=O) groups is 1. The van der Waals surface area contributed by atoms with E-state index in [4.69, 9.17) is 0 Å². The van der Waals surface area contributed by atoms with Crippen molar-refractivity contribution in [3.63, 3.8) is 0 Å². The van der Waals surface area contributed by atoms with Gasteiger partial charge < -0.3 is 4.90 Å². The van der Waals surface area contributed by atoms with E-state index in [1.54, 1.807) is 12.1 Å². The Morgan fingerprint density at radius 2 is 1.60 bits per heavy atom. The van der Waals surface area contributed by atoms with Crippen molar-refractivity contribution in [2.75, 3.05) is 26.2 Å². The van der Waals surface area contributed by atoms with Crippen molar-refractivity contribution in [2.24, 2.45) is 5.92 Å². The Kier molecular flexibility index (Phi) is 5.79. The largest absolute Gasteiger partial charge is 0.342 e. The van der Waals surface area contributed by atoms with Gasteiger partial charge in [0.2, 0.25) is 15.9 Å². The van der Waals surface area contributed by atoms with Gasteiger partial charge in [0, 0.05) is 26.2 Å². The highest BCUT2D eigenvalue weighted by Gasteiger charge is 2.35. The predicted octanol–water partition coefficient (Wildman–Crippen LogP) is 2.80. The minimum Gasteiger partial charge on any atom is -0.342 e. The summed E-state index contributed by atoms with van der Waals surface area (Å²) < 4.78 is 27.3. The molecule has 1 aromatic carbocycles. The summed E-state index contributed by atoms with van der Waals surface area (Å²) in [5.41, 5.74) is 1.03. The summed E-state index contributed by atoms with van der Waals surface area (Å²) in [5.74, 6) is -0.0576. The molecule has 0 spiro atoms. The number of hydrogen-bond acceptors (Lipinski definition) is 3. The third kappa shape index (κ3) is 4.23. The Labute approximate surface area is 151 Å². The lowest BCUT2D eigenvalue weighted by atomic mass is 9.98. The molecule has 2 heterocycles. The fourth-order valence-corrected chi connectivity index (χ4v) is 5.29. The van der Waals surface area contributed by atoms with Crippen LogP contribution in [0.5, 0.6) is 0 Å². The zero-order valence-corrected chi connectivity index (χ0v) is 15.8. The lowest BCUT2D eigenvalue weighted by Crippen LogP contribution is -2.46. The lowest BCUT2D eigenvalue weighted by molar-refractivity contribution is -0.136. The number of sulfonamides is 1. The second-order valence-corrected chi connectivity index (χ2v) is 9.19. The molecule has 2 saturated heterocycles. The quantitative estimate of drug-likeness (QED) is 0.829. The van der Waals surface area contributed by atoms with E-state index in [0.717, 1.165) is 44.3 Å². The fourth-order valence-electron chi connectivity index (χ4n) is 3.77. The first kappa shape index (κ1) is 18.4. The van der Waals surface area contributed by atoms with Gasteiger partial charge >= 0.3 is 0 Å². The van der Waals surface area contributed by atoms with E-state index < -0.39 is 10.0 Å². The summed E-state index contributed by atoms with van der Waals surface area (Å²) >= 11 is 0. The molecule has 0 radical (unpaired) electrons. The van der Waals surface area contributed by atoms with Crippen molar-refractivity contribution in [2.45, 2.75) is 50.3 Å². The number of amides is 1. The van der Waals surface area contributed by atoms with Crippen molar-refractivity contribution in [3.05, 3.63) is 29.8 Å². The van der Waals surface area contributed by atoms with Crippen molar-refractivity contribution < 1.29 is 13.2 Å². The second kappa shape index (κ2) is 7.87. The van der Waals surface area contributed by atoms with Crippen LogP contribution in [0.1, 0.15) is 44.1 Å². The van der Waals surface area contributed by atoms with Crippen LogP contribution in [0.2, 0.25) is 0 Å². The van der Waals surface area contributed by atoms with Crippen molar-refractivity contribution in [3.8, 4) is 0 Å². The third-order valence-electron chi connectivity index (χ3n) is 5.31. The van der Waals surface area contributed by atoms with Gasteiger partial charge in [-0.25, -0.2) is 8.42 Å². The number of hydrogen-bond donors (Lipinski definition) is 0. The smallest absolute Gasteiger partial charge is 0.243 e. The monoisotopic (exact) mass is 364 g/mol. The number of piperidine rings is 1. The average Bonchev–Trinajstić information content (AvgIpc) is 2.91. The highest BCUT2D eigenvalue weighted by atomic mass is 32.2. The van der Waals surface area contributed by atoms with Gasteiger partial charge in [0.25, 0.3) is 0 Å². The molecule has 0 saturated carbocycles. The van der Waals surface area contributed by atoms with Crippen LogP contribution in [0.4, 0.5) is 0 Å². The number of benzene rings is 1. The first-order valence-electron chi connectivity index (χ1n) is 9.34. The lowest BCUT2D eigenvalue weighted by Gasteiger charge is -2.34. The van der Waals surface area contributed by atoms with Gasteiger partial charge in [-0.1, -0.05) is 30.5 Å². The summed E-state index contributed by atoms with van der Waals surface area (Å²) in [6, 6.07) is 6.95. The predicted molar refractivity (Wildman–Crippen MR) is 97.7 cm³/mol. The third-order valence-corrected chi connectivity index (χ3v) is 7.19. The average molecular weight is 365 g/mol. The molecule has 5 nitrogen and oxygen atoms in total. The van der Waals surface area contributed by atoms with E-state index in [9.17, 15) is 13.2 Å². The van der Waals surface area contributed by atoms with Crippen LogP contribution in [0, 0.1) is 12.8 Å². The summed E-state index contributed by atoms with van der Waals surface area (Å²) in [6.07, 6.45) is 6.02. The summed E-state index contributed by atoms with van der Waals surface area (Å²) in [6.45, 7) is 4.39. The number of aryl methyl sites for hydroxylation is 1. The maximum Gasteiger partial charge on any atom is 0.243 e. The molecule has 2 fully saturated rings. The topological polar surface area (TPSA) is 57.7 Å². The molecule has 2 aliphatic rings. The Balaban J connectivity index is 1.71. The molecule has 25 heavy (non-hydrogen) atoms. The second-order valence-electron chi connectivity index (χ2n) is 7.25. The van der Waals surface area contributed by atoms with E-state index in [1.807, 2.05) is 24.0 Å². The van der Waals surface area contributed by atoms with E-state index in [0.29, 0.717) is 18.0 Å². The Hall–Kier alpha value is -1.40. The molecule has 1 aromatic rings. The maximum absolute atomic E-state index is 12.9. The van der Waals surface area contributed by atoms with Crippen LogP contribution in [0.25, 0.3) is 0 Å². The number of likely N-dealkylation sites (tertiary alicyclic amines) is 1. The molecular weight excluding hydrogens is 336 g/mol. The summed E-state index contributed by atoms with van der Waals surface area (Å²) in [7, 11) is -3.52. The molecule has 3 rings (SSSR count). The minimum absolute atomic E-state index is 0.144. The molecule has 0 aliphatic carbocycles. The highest BCUT2D eigenvalue weighted by Crippen LogP contribution is 2.26. The molecule has 0 aromatic heterocycles. The Bertz CT molecular complexity index is 692. The van der Waals surface area contributed by atoms with Crippen LogP contribution in [-0.4, -0.2) is 49.7 Å². The minimum atomic E-state index is -3.52. The standard InChI is InChI=1S/C19H28N2O3S/c1-16-8-10-18(11-9-16)25(23,24)21-14-6-7-17(15-21)19(22)20-12-4-2-3-5-13-20/h8-11,17H,2-7,12-15H2,1H3/t17-/m0/s1. The van der Waals surface area contributed by atoms with Gasteiger partial charge in [0.05, 0.1) is 10.8 Å². The van der Waals surface area contributed by atoms with Crippen LogP contribution in [-0.2, 0) is 14.8 Å². The first-order chi connectivity index (χ1) is 12.0. The SMILES string of the molecule is Cc1ccc(S(=O)(=O)N2CCC[C@H](C(=O)N3CCCCCC3)C2)cc1. The van der Waals surface area contributed by atoms with E-state index in [2.05, 4.69) is 0 Å². The molecule has 1 atom stereocenters. The van der Waals surface area contributed by atoms with Crippen LogP contribution in [0.3, 0.4) is 0 Å². The highest BCUT2D eigenvalue weighted by molar-refractivity contribution is 7.89. The number of carbonyl (C=O) groups excluding carboxylic acids is 1. The van der Waals surface area contributed by atoms with Crippen LogP contribution >= 0.6 is 0 Å². The van der Waals surface area contributed by atoms with Crippen LogP contribution < -0.4 is 0 Å². The van der Waals surface area contributed by atoms with Gasteiger partial charge in [0.1, 0.15) is 0 Å². The maximum atomic E-state index is 12.9. The number of nitrogens with zero attached hydrogens (tertiary/aromatic N) is 2. The van der Waals surface area contributed by atoms with E-state index >= 15 is 0 Å². The molecule has 0 unspecified atom stereocenters. The van der Waals surface area contributed by atoms with Crippen molar-refractivity contribution in [1.29, 1.82) is 0 Å². The van der Waals surface area contributed by atoms with Gasteiger partial charge in [-0.15, -0.1) is 0 Å². The summed E-state index contributed by atoms with van der Waals surface area (Å²) in [4.78, 5) is 15.1. The number of rotatable bonds is 3. The molecule has 2 aliphatic heterocycles. The molecule has 1 amide bonds. The normalized spacial score (nSPS) is 23.2. The fraction of sp³-hybridized carbons (Fsp3) is 0.632. The molecule has 138 valence electrons. The zero-order valence-electron chi connectivity index (χ0n) is 15.0. The first-order valence-corrected chi connectivity index (χ1v) is 10.8. The van der Waals surface area contributed by atoms with Gasteiger partial charge in [-0.3, -0.25) is 4.79 Å². The molecule has 0 bridgehead atoms. The molecule has 6 heteroatoms. The summed E-state index contributed by atoms with van der Waals surface area (Å²) in [5, 5.41) is 0. The van der Waals surface area contributed by atoms with Gasteiger partial charge in [0.15, 0.2) is 0 Å². The van der Waals surface area contributed by atoms with Crippen molar-refractivity contribution in [1.82, 2.24) is 9.21 Å². The zero-order chi connectivity index (χ0) is 17.9. The van der Waals surface area contributed by atoms with E-state index in [1.165, 1.54) is 17.1 Å². The van der Waals surface area contributed by atoms with Gasteiger partial charge in [-0.2, -0.15) is 4.31 Å². The Morgan fingerprint density at radius 3 is 2.24 bits per heavy atom. The van der Waals surface area contributed by atoms with Crippen LogP contribution in [0.15, 0.2) is 29.2 Å². The molecular formula is C19H28N2O3S. The van der Waals surface area contributed by atoms with E-state index in [-0.39, 0.29) is 11.8 Å². The molecule has 0 N–H and O–H groups in total. The van der Waals surface area contributed by atoms with Crippen molar-refractivity contribution >= 4 is 15.9 Å².